The molecule has 0 aliphatic heterocycles. The summed E-state index contributed by atoms with van der Waals surface area (Å²) in [6, 6.07) is 13.6. The van der Waals surface area contributed by atoms with Crippen molar-refractivity contribution in [2.24, 2.45) is 0 Å². The van der Waals surface area contributed by atoms with Gasteiger partial charge in [-0.05, 0) is 41.3 Å². The van der Waals surface area contributed by atoms with Crippen LogP contribution in [-0.2, 0) is 12.0 Å². The van der Waals surface area contributed by atoms with Crippen molar-refractivity contribution in [1.29, 1.82) is 0 Å². The second-order valence-electron chi connectivity index (χ2n) is 5.91. The highest BCUT2D eigenvalue weighted by atomic mass is 35.5. The molecule has 0 aromatic heterocycles. The molecule has 0 atom stereocenters. The van der Waals surface area contributed by atoms with E-state index in [1.54, 1.807) is 12.1 Å². The summed E-state index contributed by atoms with van der Waals surface area (Å²) >= 11 is 6.11. The minimum atomic E-state index is 0.149. The zero-order valence-corrected chi connectivity index (χ0v) is 12.9. The molecule has 2 aromatic rings. The van der Waals surface area contributed by atoms with Crippen molar-refractivity contribution in [2.75, 3.05) is 5.73 Å². The van der Waals surface area contributed by atoms with Gasteiger partial charge in [-0.25, -0.2) is 0 Å². The summed E-state index contributed by atoms with van der Waals surface area (Å²) in [6.45, 7) is 6.99. The molecule has 0 saturated heterocycles. The van der Waals surface area contributed by atoms with Crippen LogP contribution >= 0.6 is 11.6 Å². The van der Waals surface area contributed by atoms with Crippen LogP contribution in [0.4, 0.5) is 5.69 Å². The van der Waals surface area contributed by atoms with E-state index in [0.717, 1.165) is 11.3 Å². The highest BCUT2D eigenvalue weighted by Crippen LogP contribution is 2.25. The number of nitrogens with two attached hydrogens (primary N) is 1. The number of hydrogen-bond acceptors (Lipinski definition) is 2. The van der Waals surface area contributed by atoms with Gasteiger partial charge in [0.1, 0.15) is 12.4 Å². The van der Waals surface area contributed by atoms with Gasteiger partial charge in [0.25, 0.3) is 0 Å². The molecule has 0 amide bonds. The van der Waals surface area contributed by atoms with Crippen LogP contribution in [0.5, 0.6) is 5.75 Å². The normalized spacial score (nSPS) is 11.4. The van der Waals surface area contributed by atoms with Crippen molar-refractivity contribution in [1.82, 2.24) is 0 Å². The molecule has 2 aromatic carbocycles. The van der Waals surface area contributed by atoms with E-state index >= 15 is 0 Å². The Morgan fingerprint density at radius 2 is 1.70 bits per heavy atom. The van der Waals surface area contributed by atoms with E-state index in [1.165, 1.54) is 5.56 Å². The lowest BCUT2D eigenvalue weighted by Gasteiger charge is -2.19. The van der Waals surface area contributed by atoms with Crippen LogP contribution in [0.15, 0.2) is 42.5 Å². The molecule has 20 heavy (non-hydrogen) atoms. The second kappa shape index (κ2) is 5.76. The molecular formula is C17H20ClNO. The van der Waals surface area contributed by atoms with Crippen molar-refractivity contribution < 1.29 is 4.74 Å². The highest BCUT2D eigenvalue weighted by molar-refractivity contribution is 6.31. The molecule has 0 heterocycles. The SMILES string of the molecule is CC(C)(C)c1ccc(OCc2cc(N)ccc2Cl)cc1. The number of nitrogen functional groups attached to an aromatic ring is 1. The number of benzene rings is 2. The Morgan fingerprint density at radius 3 is 2.30 bits per heavy atom. The molecule has 106 valence electrons. The van der Waals surface area contributed by atoms with E-state index in [1.807, 2.05) is 18.2 Å². The van der Waals surface area contributed by atoms with Crippen LogP contribution in [0.2, 0.25) is 5.02 Å². The lowest BCUT2D eigenvalue weighted by molar-refractivity contribution is 0.306. The van der Waals surface area contributed by atoms with Crippen LogP contribution in [0.25, 0.3) is 0 Å². The average Bonchev–Trinajstić information content (AvgIpc) is 2.39. The lowest BCUT2D eigenvalue weighted by atomic mass is 9.87. The van der Waals surface area contributed by atoms with E-state index in [0.29, 0.717) is 17.3 Å². The molecule has 2 nitrogen and oxygen atoms in total. The molecule has 3 heteroatoms. The van der Waals surface area contributed by atoms with E-state index in [-0.39, 0.29) is 5.41 Å². The molecule has 0 aliphatic rings. The van der Waals surface area contributed by atoms with Gasteiger partial charge in [0.2, 0.25) is 0 Å². The first kappa shape index (κ1) is 14.7. The summed E-state index contributed by atoms with van der Waals surface area (Å²) in [4.78, 5) is 0. The molecule has 0 spiro atoms. The summed E-state index contributed by atoms with van der Waals surface area (Å²) in [5.41, 5.74) is 8.77. The zero-order chi connectivity index (χ0) is 14.8. The standard InChI is InChI=1S/C17H20ClNO/c1-17(2,3)13-4-7-15(8-5-13)20-11-12-10-14(19)6-9-16(12)18/h4-10H,11,19H2,1-3H3. The zero-order valence-electron chi connectivity index (χ0n) is 12.1. The van der Waals surface area contributed by atoms with Gasteiger partial charge in [0.15, 0.2) is 0 Å². The predicted molar refractivity (Wildman–Crippen MR) is 85.3 cm³/mol. The third-order valence-electron chi connectivity index (χ3n) is 3.18. The molecule has 0 radical (unpaired) electrons. The van der Waals surface area contributed by atoms with Crippen LogP contribution in [0, 0.1) is 0 Å². The fraction of sp³-hybridized carbons (Fsp3) is 0.294. The van der Waals surface area contributed by atoms with Gasteiger partial charge >= 0.3 is 0 Å². The summed E-state index contributed by atoms with van der Waals surface area (Å²) in [5.74, 6) is 0.830. The van der Waals surface area contributed by atoms with Crippen molar-refractivity contribution in [3.63, 3.8) is 0 Å². The molecule has 0 fully saturated rings. The Kier molecular flexibility index (Phi) is 4.24. The third kappa shape index (κ3) is 3.67. The molecule has 2 rings (SSSR count). The van der Waals surface area contributed by atoms with Gasteiger partial charge in [0, 0.05) is 16.3 Å². The van der Waals surface area contributed by atoms with Gasteiger partial charge < -0.3 is 10.5 Å². The van der Waals surface area contributed by atoms with Gasteiger partial charge in [-0.3, -0.25) is 0 Å². The van der Waals surface area contributed by atoms with Gasteiger partial charge in [-0.1, -0.05) is 44.5 Å². The minimum absolute atomic E-state index is 0.149. The van der Waals surface area contributed by atoms with Crippen molar-refractivity contribution in [2.45, 2.75) is 32.8 Å². The maximum absolute atomic E-state index is 6.11. The quantitative estimate of drug-likeness (QED) is 0.824. The summed E-state index contributed by atoms with van der Waals surface area (Å²) in [5, 5.41) is 0.672. The van der Waals surface area contributed by atoms with Crippen molar-refractivity contribution >= 4 is 17.3 Å². The van der Waals surface area contributed by atoms with Gasteiger partial charge in [-0.15, -0.1) is 0 Å². The van der Waals surface area contributed by atoms with E-state index in [2.05, 4.69) is 32.9 Å². The molecule has 2 N–H and O–H groups in total. The number of halogens is 1. The molecule has 0 bridgehead atoms. The lowest BCUT2D eigenvalue weighted by Crippen LogP contribution is -2.10. The van der Waals surface area contributed by atoms with Crippen LogP contribution in [0.3, 0.4) is 0 Å². The monoisotopic (exact) mass is 289 g/mol. The number of ether oxygens (including phenoxy) is 1. The maximum Gasteiger partial charge on any atom is 0.119 e. The highest BCUT2D eigenvalue weighted by Gasteiger charge is 2.13. The predicted octanol–water partition coefficient (Wildman–Crippen LogP) is 4.80. The van der Waals surface area contributed by atoms with Crippen LogP contribution in [-0.4, -0.2) is 0 Å². The number of anilines is 1. The van der Waals surface area contributed by atoms with Gasteiger partial charge in [-0.2, -0.15) is 0 Å². The minimum Gasteiger partial charge on any atom is -0.489 e. The van der Waals surface area contributed by atoms with Crippen LogP contribution < -0.4 is 10.5 Å². The Hall–Kier alpha value is -1.67. The van der Waals surface area contributed by atoms with Gasteiger partial charge in [0.05, 0.1) is 0 Å². The summed E-state index contributed by atoms with van der Waals surface area (Å²) in [7, 11) is 0. The largest absolute Gasteiger partial charge is 0.489 e. The summed E-state index contributed by atoms with van der Waals surface area (Å²) < 4.78 is 5.76. The molecule has 0 unspecified atom stereocenters. The smallest absolute Gasteiger partial charge is 0.119 e. The average molecular weight is 290 g/mol. The molecular weight excluding hydrogens is 270 g/mol. The number of rotatable bonds is 3. The van der Waals surface area contributed by atoms with E-state index in [9.17, 15) is 0 Å². The van der Waals surface area contributed by atoms with Crippen LogP contribution in [0.1, 0.15) is 31.9 Å². The fourth-order valence-corrected chi connectivity index (χ4v) is 2.09. The molecule has 0 aliphatic carbocycles. The van der Waals surface area contributed by atoms with Crippen molar-refractivity contribution in [3.8, 4) is 5.75 Å². The first-order valence-electron chi connectivity index (χ1n) is 6.63. The first-order valence-corrected chi connectivity index (χ1v) is 7.01. The Labute approximate surface area is 125 Å². The fourth-order valence-electron chi connectivity index (χ4n) is 1.92. The maximum atomic E-state index is 6.11. The van der Waals surface area contributed by atoms with Crippen molar-refractivity contribution in [3.05, 3.63) is 58.6 Å². The Balaban J connectivity index is 2.06. The topological polar surface area (TPSA) is 35.2 Å². The second-order valence-corrected chi connectivity index (χ2v) is 6.32. The first-order chi connectivity index (χ1) is 9.36. The third-order valence-corrected chi connectivity index (χ3v) is 3.55. The van der Waals surface area contributed by atoms with E-state index < -0.39 is 0 Å². The van der Waals surface area contributed by atoms with E-state index in [4.69, 9.17) is 22.1 Å². The number of hydrogen-bond donors (Lipinski definition) is 1. The molecule has 0 saturated carbocycles. The Morgan fingerprint density at radius 1 is 1.05 bits per heavy atom. The summed E-state index contributed by atoms with van der Waals surface area (Å²) in [6.07, 6.45) is 0. The Bertz CT molecular complexity index is 585.